The van der Waals surface area contributed by atoms with Crippen molar-refractivity contribution in [1.82, 2.24) is 9.78 Å². The van der Waals surface area contributed by atoms with E-state index in [1.165, 1.54) is 0 Å². The first-order chi connectivity index (χ1) is 10.1. The molecule has 0 atom stereocenters. The van der Waals surface area contributed by atoms with Crippen LogP contribution in [0, 0.1) is 0 Å². The zero-order valence-corrected chi connectivity index (χ0v) is 13.9. The predicted octanol–water partition coefficient (Wildman–Crippen LogP) is 3.49. The topological polar surface area (TPSA) is 56.1 Å². The molecule has 2 aromatic rings. The number of hydrogen-bond acceptors (Lipinski definition) is 3. The molecule has 112 valence electrons. The van der Waals surface area contributed by atoms with Crippen molar-refractivity contribution in [3.8, 4) is 5.75 Å². The number of aryl methyl sites for hydroxylation is 2. The van der Waals surface area contributed by atoms with Gasteiger partial charge in [0.15, 0.2) is 0 Å². The Morgan fingerprint density at radius 2 is 2.14 bits per heavy atom. The molecule has 1 heterocycles. The zero-order valence-electron chi connectivity index (χ0n) is 12.3. The van der Waals surface area contributed by atoms with Crippen LogP contribution in [-0.2, 0) is 13.0 Å². The summed E-state index contributed by atoms with van der Waals surface area (Å²) in [5.41, 5.74) is 2.08. The molecule has 0 aliphatic carbocycles. The van der Waals surface area contributed by atoms with Crippen LogP contribution in [0.25, 0.3) is 0 Å². The second-order valence-electron chi connectivity index (χ2n) is 4.49. The van der Waals surface area contributed by atoms with E-state index >= 15 is 0 Å². The van der Waals surface area contributed by atoms with Crippen LogP contribution in [0.15, 0.2) is 28.7 Å². The van der Waals surface area contributed by atoms with Gasteiger partial charge in [0.25, 0.3) is 5.91 Å². The number of nitrogens with one attached hydrogen (secondary N) is 1. The minimum Gasteiger partial charge on any atom is -0.495 e. The SMILES string of the molecule is CCc1cc(C(=O)Nc2cc(Br)ccc2OC)n(CC)n1. The van der Waals surface area contributed by atoms with E-state index in [4.69, 9.17) is 4.74 Å². The number of halogens is 1. The summed E-state index contributed by atoms with van der Waals surface area (Å²) in [5, 5.41) is 7.26. The Kier molecular flexibility index (Phi) is 5.01. The molecule has 1 amide bonds. The van der Waals surface area contributed by atoms with Crippen molar-refractivity contribution < 1.29 is 9.53 Å². The standard InChI is InChI=1S/C15H18BrN3O2/c1-4-11-9-13(19(5-2)18-11)15(20)17-12-8-10(16)6-7-14(12)21-3/h6-9H,4-5H2,1-3H3,(H,17,20). The summed E-state index contributed by atoms with van der Waals surface area (Å²) in [4.78, 5) is 12.5. The molecule has 0 saturated heterocycles. The van der Waals surface area contributed by atoms with Crippen LogP contribution in [-0.4, -0.2) is 22.8 Å². The summed E-state index contributed by atoms with van der Waals surface area (Å²) in [6.45, 7) is 4.63. The van der Waals surface area contributed by atoms with Crippen LogP contribution >= 0.6 is 15.9 Å². The number of amides is 1. The van der Waals surface area contributed by atoms with Gasteiger partial charge in [0.05, 0.1) is 18.5 Å². The third-order valence-corrected chi connectivity index (χ3v) is 3.63. The molecule has 6 heteroatoms. The maximum atomic E-state index is 12.5. The number of nitrogens with zero attached hydrogens (tertiary/aromatic N) is 2. The second kappa shape index (κ2) is 6.76. The Hall–Kier alpha value is -1.82. The van der Waals surface area contributed by atoms with E-state index in [1.807, 2.05) is 32.0 Å². The van der Waals surface area contributed by atoms with Gasteiger partial charge in [-0.25, -0.2) is 0 Å². The summed E-state index contributed by atoms with van der Waals surface area (Å²) >= 11 is 3.39. The van der Waals surface area contributed by atoms with Gasteiger partial charge in [-0.1, -0.05) is 22.9 Å². The molecule has 0 radical (unpaired) electrons. The molecule has 0 aliphatic heterocycles. The molecule has 0 spiro atoms. The van der Waals surface area contributed by atoms with E-state index in [2.05, 4.69) is 26.3 Å². The molecule has 0 unspecified atom stereocenters. The highest BCUT2D eigenvalue weighted by Gasteiger charge is 2.16. The van der Waals surface area contributed by atoms with E-state index in [9.17, 15) is 4.79 Å². The number of carbonyl (C=O) groups is 1. The first kappa shape index (κ1) is 15.6. The van der Waals surface area contributed by atoms with Crippen LogP contribution in [0.3, 0.4) is 0 Å². The molecule has 0 fully saturated rings. The van der Waals surface area contributed by atoms with Crippen molar-refractivity contribution in [2.45, 2.75) is 26.8 Å². The molecule has 0 aliphatic rings. The highest BCUT2D eigenvalue weighted by Crippen LogP contribution is 2.28. The van der Waals surface area contributed by atoms with Crippen molar-refractivity contribution in [1.29, 1.82) is 0 Å². The highest BCUT2D eigenvalue weighted by molar-refractivity contribution is 9.10. The van der Waals surface area contributed by atoms with Crippen molar-refractivity contribution in [2.75, 3.05) is 12.4 Å². The fourth-order valence-corrected chi connectivity index (χ4v) is 2.39. The lowest BCUT2D eigenvalue weighted by Gasteiger charge is -2.11. The molecule has 0 bridgehead atoms. The summed E-state index contributed by atoms with van der Waals surface area (Å²) in [5.74, 6) is 0.422. The molecule has 1 aromatic heterocycles. The number of methoxy groups -OCH3 is 1. The van der Waals surface area contributed by atoms with E-state index in [0.717, 1.165) is 16.6 Å². The number of ether oxygens (including phenoxy) is 1. The Balaban J connectivity index is 2.29. The molecule has 2 rings (SSSR count). The van der Waals surface area contributed by atoms with Gasteiger partial charge in [-0.3, -0.25) is 9.48 Å². The zero-order chi connectivity index (χ0) is 15.4. The lowest BCUT2D eigenvalue weighted by atomic mass is 10.2. The average Bonchev–Trinajstić information content (AvgIpc) is 2.91. The smallest absolute Gasteiger partial charge is 0.274 e. The Morgan fingerprint density at radius 3 is 2.76 bits per heavy atom. The fraction of sp³-hybridized carbons (Fsp3) is 0.333. The van der Waals surface area contributed by atoms with E-state index in [0.29, 0.717) is 23.7 Å². The predicted molar refractivity (Wildman–Crippen MR) is 85.9 cm³/mol. The second-order valence-corrected chi connectivity index (χ2v) is 5.40. The van der Waals surface area contributed by atoms with Gasteiger partial charge < -0.3 is 10.1 Å². The summed E-state index contributed by atoms with van der Waals surface area (Å²) in [6.07, 6.45) is 0.799. The number of rotatable bonds is 5. The van der Waals surface area contributed by atoms with E-state index in [1.54, 1.807) is 17.9 Å². The number of benzene rings is 1. The van der Waals surface area contributed by atoms with Crippen LogP contribution < -0.4 is 10.1 Å². The van der Waals surface area contributed by atoms with Crippen LogP contribution in [0.2, 0.25) is 0 Å². The van der Waals surface area contributed by atoms with Gasteiger partial charge in [0.1, 0.15) is 11.4 Å². The fourth-order valence-electron chi connectivity index (χ4n) is 2.03. The van der Waals surface area contributed by atoms with Gasteiger partial charge in [-0.05, 0) is 37.6 Å². The third kappa shape index (κ3) is 3.44. The molecular weight excluding hydrogens is 334 g/mol. The summed E-state index contributed by atoms with van der Waals surface area (Å²) in [7, 11) is 1.57. The molecule has 0 saturated carbocycles. The first-order valence-electron chi connectivity index (χ1n) is 6.80. The van der Waals surface area contributed by atoms with Crippen molar-refractivity contribution in [3.05, 3.63) is 40.1 Å². The number of anilines is 1. The third-order valence-electron chi connectivity index (χ3n) is 3.13. The van der Waals surface area contributed by atoms with Crippen LogP contribution in [0.4, 0.5) is 5.69 Å². The molecular formula is C15H18BrN3O2. The average molecular weight is 352 g/mol. The van der Waals surface area contributed by atoms with Gasteiger partial charge >= 0.3 is 0 Å². The maximum Gasteiger partial charge on any atom is 0.274 e. The Labute approximate surface area is 132 Å². The molecule has 1 aromatic carbocycles. The number of carbonyl (C=O) groups excluding carboxylic acids is 1. The van der Waals surface area contributed by atoms with Crippen LogP contribution in [0.5, 0.6) is 5.75 Å². The molecule has 21 heavy (non-hydrogen) atoms. The highest BCUT2D eigenvalue weighted by atomic mass is 79.9. The quantitative estimate of drug-likeness (QED) is 0.896. The van der Waals surface area contributed by atoms with Gasteiger partial charge in [0, 0.05) is 11.0 Å². The molecule has 1 N–H and O–H groups in total. The first-order valence-corrected chi connectivity index (χ1v) is 7.60. The Bertz CT molecular complexity index is 652. The van der Waals surface area contributed by atoms with Gasteiger partial charge in [-0.2, -0.15) is 5.10 Å². The lowest BCUT2D eigenvalue weighted by molar-refractivity contribution is 0.101. The van der Waals surface area contributed by atoms with E-state index < -0.39 is 0 Å². The normalized spacial score (nSPS) is 10.5. The maximum absolute atomic E-state index is 12.5. The van der Waals surface area contributed by atoms with Crippen molar-refractivity contribution in [2.24, 2.45) is 0 Å². The van der Waals surface area contributed by atoms with E-state index in [-0.39, 0.29) is 5.91 Å². The minimum absolute atomic E-state index is 0.194. The number of hydrogen-bond donors (Lipinski definition) is 1. The largest absolute Gasteiger partial charge is 0.495 e. The molecule has 5 nitrogen and oxygen atoms in total. The lowest BCUT2D eigenvalue weighted by Crippen LogP contribution is -2.17. The van der Waals surface area contributed by atoms with Gasteiger partial charge in [-0.15, -0.1) is 0 Å². The summed E-state index contributed by atoms with van der Waals surface area (Å²) in [6, 6.07) is 7.29. The van der Waals surface area contributed by atoms with Gasteiger partial charge in [0.2, 0.25) is 0 Å². The van der Waals surface area contributed by atoms with Crippen molar-refractivity contribution >= 4 is 27.5 Å². The number of aromatic nitrogens is 2. The monoisotopic (exact) mass is 351 g/mol. The Morgan fingerprint density at radius 1 is 1.38 bits per heavy atom. The van der Waals surface area contributed by atoms with Crippen LogP contribution in [0.1, 0.15) is 30.0 Å². The summed E-state index contributed by atoms with van der Waals surface area (Å²) < 4.78 is 7.84. The van der Waals surface area contributed by atoms with Crippen molar-refractivity contribution in [3.63, 3.8) is 0 Å². The minimum atomic E-state index is -0.194.